The molecule has 0 aromatic rings. The minimum Gasteiger partial charge on any atom is -0.347 e. The van der Waals surface area contributed by atoms with E-state index in [1.54, 1.807) is 0 Å². The molecule has 0 saturated carbocycles. The number of unbranched alkanes of at least 4 members (excludes halogenated alkanes) is 14. The van der Waals surface area contributed by atoms with Crippen molar-refractivity contribution in [3.63, 3.8) is 0 Å². The number of allylic oxidation sites excluding steroid dienone is 4. The molecule has 0 amide bonds. The molecule has 0 radical (unpaired) electrons. The fraction of sp³-hybridized carbons (Fsp3) is 0.879. The molecule has 36 heavy (non-hydrogen) atoms. The molecule has 1 heterocycles. The highest BCUT2D eigenvalue weighted by Gasteiger charge is 2.40. The minimum absolute atomic E-state index is 0.272. The van der Waals surface area contributed by atoms with E-state index in [1.807, 2.05) is 0 Å². The van der Waals surface area contributed by atoms with E-state index in [1.165, 1.54) is 116 Å². The van der Waals surface area contributed by atoms with Gasteiger partial charge in [0.15, 0.2) is 5.79 Å². The molecule has 0 aromatic heterocycles. The fourth-order valence-corrected chi connectivity index (χ4v) is 5.08. The molecule has 212 valence electrons. The molecule has 0 N–H and O–H groups in total. The summed E-state index contributed by atoms with van der Waals surface area (Å²) in [5.41, 5.74) is 0. The third-order valence-electron chi connectivity index (χ3n) is 7.41. The van der Waals surface area contributed by atoms with E-state index in [4.69, 9.17) is 9.47 Å². The highest BCUT2D eigenvalue weighted by molar-refractivity contribution is 4.82. The van der Waals surface area contributed by atoms with Crippen molar-refractivity contribution in [1.29, 1.82) is 0 Å². The second-order valence-electron chi connectivity index (χ2n) is 11.4. The Morgan fingerprint density at radius 1 is 0.639 bits per heavy atom. The molecular formula is C33H63NO2. The van der Waals surface area contributed by atoms with E-state index >= 15 is 0 Å². The van der Waals surface area contributed by atoms with Gasteiger partial charge in [-0.05, 0) is 71.9 Å². The van der Waals surface area contributed by atoms with E-state index in [0.717, 1.165) is 32.4 Å². The van der Waals surface area contributed by atoms with Crippen LogP contribution in [0, 0.1) is 0 Å². The molecule has 1 rings (SSSR count). The van der Waals surface area contributed by atoms with Gasteiger partial charge in [0.1, 0.15) is 0 Å². The zero-order chi connectivity index (χ0) is 26.2. The smallest absolute Gasteiger partial charge is 0.168 e. The van der Waals surface area contributed by atoms with Crippen LogP contribution in [-0.2, 0) is 9.47 Å². The van der Waals surface area contributed by atoms with Crippen LogP contribution in [-0.4, -0.2) is 44.0 Å². The van der Waals surface area contributed by atoms with Crippen molar-refractivity contribution in [2.75, 3.05) is 27.2 Å². The summed E-state index contributed by atoms with van der Waals surface area (Å²) in [6.45, 7) is 6.35. The van der Waals surface area contributed by atoms with Gasteiger partial charge in [-0.3, -0.25) is 0 Å². The molecule has 1 saturated heterocycles. The summed E-state index contributed by atoms with van der Waals surface area (Å²) in [5, 5.41) is 0. The van der Waals surface area contributed by atoms with Gasteiger partial charge in [-0.25, -0.2) is 0 Å². The van der Waals surface area contributed by atoms with E-state index in [0.29, 0.717) is 0 Å². The first-order valence-corrected chi connectivity index (χ1v) is 15.9. The molecule has 0 aliphatic carbocycles. The lowest BCUT2D eigenvalue weighted by molar-refractivity contribution is -0.180. The Kier molecular flexibility index (Phi) is 21.8. The van der Waals surface area contributed by atoms with Crippen molar-refractivity contribution < 1.29 is 9.47 Å². The van der Waals surface area contributed by atoms with Crippen molar-refractivity contribution >= 4 is 0 Å². The Balaban J connectivity index is 2.23. The molecule has 1 aliphatic heterocycles. The first-order chi connectivity index (χ1) is 17.6. The number of hydrogen-bond donors (Lipinski definition) is 0. The van der Waals surface area contributed by atoms with Gasteiger partial charge in [0.05, 0.1) is 12.7 Å². The van der Waals surface area contributed by atoms with Gasteiger partial charge in [0.25, 0.3) is 0 Å². The van der Waals surface area contributed by atoms with Crippen LogP contribution in [0.2, 0.25) is 0 Å². The third-order valence-corrected chi connectivity index (χ3v) is 7.41. The zero-order valence-electron chi connectivity index (χ0n) is 24.9. The van der Waals surface area contributed by atoms with Crippen LogP contribution < -0.4 is 0 Å². The average molecular weight is 506 g/mol. The lowest BCUT2D eigenvalue weighted by Crippen LogP contribution is -2.31. The second-order valence-corrected chi connectivity index (χ2v) is 11.4. The van der Waals surface area contributed by atoms with Crippen LogP contribution in [0.25, 0.3) is 0 Å². The molecule has 1 atom stereocenters. The SMILES string of the molecule is CCC/C=C\CCCCCCCCC1(CCCCCCCC/C=C\CCC)OCC(CCN(C)C)O1. The summed E-state index contributed by atoms with van der Waals surface area (Å²) >= 11 is 0. The molecule has 1 fully saturated rings. The van der Waals surface area contributed by atoms with Crippen molar-refractivity contribution in [2.24, 2.45) is 0 Å². The molecular weight excluding hydrogens is 442 g/mol. The molecule has 3 heteroatoms. The summed E-state index contributed by atoms with van der Waals surface area (Å²) in [5.74, 6) is -0.300. The lowest BCUT2D eigenvalue weighted by atomic mass is 9.98. The predicted molar refractivity (Wildman–Crippen MR) is 159 cm³/mol. The van der Waals surface area contributed by atoms with Gasteiger partial charge in [-0.2, -0.15) is 0 Å². The van der Waals surface area contributed by atoms with E-state index < -0.39 is 0 Å². The van der Waals surface area contributed by atoms with Crippen LogP contribution >= 0.6 is 0 Å². The second kappa shape index (κ2) is 23.5. The summed E-state index contributed by atoms with van der Waals surface area (Å²) < 4.78 is 13.0. The average Bonchev–Trinajstić information content (AvgIpc) is 3.28. The Bertz CT molecular complexity index is 496. The number of nitrogens with zero attached hydrogens (tertiary/aromatic N) is 1. The number of ether oxygens (including phenoxy) is 2. The fourth-order valence-electron chi connectivity index (χ4n) is 5.08. The molecule has 1 unspecified atom stereocenters. The van der Waals surface area contributed by atoms with Gasteiger partial charge in [0, 0.05) is 19.4 Å². The topological polar surface area (TPSA) is 21.7 Å². The zero-order valence-corrected chi connectivity index (χ0v) is 24.9. The van der Waals surface area contributed by atoms with Crippen molar-refractivity contribution in [3.8, 4) is 0 Å². The Labute approximate surface area is 226 Å². The summed E-state index contributed by atoms with van der Waals surface area (Å²) in [7, 11) is 4.29. The number of rotatable bonds is 25. The predicted octanol–water partition coefficient (Wildman–Crippen LogP) is 10.0. The van der Waals surface area contributed by atoms with Gasteiger partial charge in [-0.15, -0.1) is 0 Å². The van der Waals surface area contributed by atoms with Crippen LogP contribution in [0.15, 0.2) is 24.3 Å². The van der Waals surface area contributed by atoms with Gasteiger partial charge in [-0.1, -0.05) is 102 Å². The third kappa shape index (κ3) is 18.6. The lowest BCUT2D eigenvalue weighted by Gasteiger charge is -2.29. The van der Waals surface area contributed by atoms with Crippen LogP contribution in [0.1, 0.15) is 149 Å². The Morgan fingerprint density at radius 3 is 1.56 bits per heavy atom. The quantitative estimate of drug-likeness (QED) is 0.0910. The molecule has 0 bridgehead atoms. The van der Waals surface area contributed by atoms with E-state index in [9.17, 15) is 0 Å². The number of hydrogen-bond acceptors (Lipinski definition) is 3. The van der Waals surface area contributed by atoms with Crippen molar-refractivity contribution in [1.82, 2.24) is 4.90 Å². The first-order valence-electron chi connectivity index (χ1n) is 15.9. The van der Waals surface area contributed by atoms with Gasteiger partial charge in [0.2, 0.25) is 0 Å². The Morgan fingerprint density at radius 2 is 1.08 bits per heavy atom. The standard InChI is InChI=1S/C33H63NO2/c1-5-7-9-11-13-15-17-19-21-23-25-28-33(35-31-32(36-33)27-30-34(3)4)29-26-24-22-20-18-16-14-12-10-8-6-2/h9-12,32H,5-8,13-31H2,1-4H3/b11-9-,12-10-. The molecule has 0 aromatic carbocycles. The maximum absolute atomic E-state index is 6.62. The normalized spacial score (nSPS) is 17.9. The van der Waals surface area contributed by atoms with Gasteiger partial charge >= 0.3 is 0 Å². The monoisotopic (exact) mass is 505 g/mol. The Hall–Kier alpha value is -0.640. The maximum Gasteiger partial charge on any atom is 0.168 e. The highest BCUT2D eigenvalue weighted by atomic mass is 16.7. The largest absolute Gasteiger partial charge is 0.347 e. The maximum atomic E-state index is 6.62. The summed E-state index contributed by atoms with van der Waals surface area (Å²) in [6.07, 6.45) is 36.5. The van der Waals surface area contributed by atoms with Crippen LogP contribution in [0.5, 0.6) is 0 Å². The van der Waals surface area contributed by atoms with Crippen molar-refractivity contribution in [3.05, 3.63) is 24.3 Å². The van der Waals surface area contributed by atoms with Crippen LogP contribution in [0.4, 0.5) is 0 Å². The first kappa shape index (κ1) is 33.4. The van der Waals surface area contributed by atoms with Gasteiger partial charge < -0.3 is 14.4 Å². The highest BCUT2D eigenvalue weighted by Crippen LogP contribution is 2.35. The molecule has 0 spiro atoms. The van der Waals surface area contributed by atoms with Crippen LogP contribution in [0.3, 0.4) is 0 Å². The van der Waals surface area contributed by atoms with E-state index in [2.05, 4.69) is 57.1 Å². The van der Waals surface area contributed by atoms with E-state index in [-0.39, 0.29) is 11.9 Å². The van der Waals surface area contributed by atoms with Crippen molar-refractivity contribution in [2.45, 2.75) is 161 Å². The minimum atomic E-state index is -0.300. The molecule has 1 aliphatic rings. The summed E-state index contributed by atoms with van der Waals surface area (Å²) in [6, 6.07) is 0. The molecule has 3 nitrogen and oxygen atoms in total. The summed E-state index contributed by atoms with van der Waals surface area (Å²) in [4.78, 5) is 2.25.